The fraction of sp³-hybridized carbons (Fsp3) is 0.500. The Kier molecular flexibility index (Phi) is 3.86. The van der Waals surface area contributed by atoms with Gasteiger partial charge in [-0.2, -0.15) is 12.6 Å². The molecule has 1 atom stereocenters. The van der Waals surface area contributed by atoms with Crippen LogP contribution in [0.3, 0.4) is 0 Å². The summed E-state index contributed by atoms with van der Waals surface area (Å²) in [6.07, 6.45) is 1.16. The van der Waals surface area contributed by atoms with E-state index in [0.29, 0.717) is 5.92 Å². The van der Waals surface area contributed by atoms with Crippen molar-refractivity contribution in [3.05, 3.63) is 34.9 Å². The largest absolute Gasteiger partial charge is 0.179 e. The van der Waals surface area contributed by atoms with Gasteiger partial charge in [0.05, 0.1) is 0 Å². The first kappa shape index (κ1) is 10.6. The average molecular weight is 194 g/mol. The molecule has 0 radical (unpaired) electrons. The third-order valence-corrected chi connectivity index (χ3v) is 2.79. The van der Waals surface area contributed by atoms with E-state index in [-0.39, 0.29) is 0 Å². The summed E-state index contributed by atoms with van der Waals surface area (Å²) in [5, 5.41) is 0. The Labute approximate surface area is 86.8 Å². The zero-order valence-electron chi connectivity index (χ0n) is 8.67. The van der Waals surface area contributed by atoms with E-state index in [1.165, 1.54) is 16.7 Å². The van der Waals surface area contributed by atoms with E-state index in [4.69, 9.17) is 0 Å². The fourth-order valence-corrected chi connectivity index (χ4v) is 2.03. The summed E-state index contributed by atoms with van der Waals surface area (Å²) in [5.74, 6) is 1.60. The van der Waals surface area contributed by atoms with Crippen LogP contribution in [-0.4, -0.2) is 5.75 Å². The van der Waals surface area contributed by atoms with E-state index in [1.54, 1.807) is 0 Å². The van der Waals surface area contributed by atoms with Crippen LogP contribution in [0.5, 0.6) is 0 Å². The minimum atomic E-state index is 0.636. The van der Waals surface area contributed by atoms with Crippen molar-refractivity contribution in [2.45, 2.75) is 33.1 Å². The molecule has 0 aliphatic heterocycles. The van der Waals surface area contributed by atoms with Crippen molar-refractivity contribution in [2.24, 2.45) is 0 Å². The second kappa shape index (κ2) is 4.71. The molecule has 1 aromatic carbocycles. The fourth-order valence-electron chi connectivity index (χ4n) is 1.64. The van der Waals surface area contributed by atoms with Crippen LogP contribution >= 0.6 is 12.6 Å². The third kappa shape index (κ3) is 2.77. The quantitative estimate of drug-likeness (QED) is 0.696. The lowest BCUT2D eigenvalue weighted by Gasteiger charge is -2.14. The minimum Gasteiger partial charge on any atom is -0.179 e. The van der Waals surface area contributed by atoms with Gasteiger partial charge in [0, 0.05) is 0 Å². The lowest BCUT2D eigenvalue weighted by atomic mass is 9.93. The summed E-state index contributed by atoms with van der Waals surface area (Å²) in [6.45, 7) is 6.61. The van der Waals surface area contributed by atoms with Crippen molar-refractivity contribution in [2.75, 3.05) is 5.75 Å². The third-order valence-electron chi connectivity index (χ3n) is 2.53. The van der Waals surface area contributed by atoms with Gasteiger partial charge in [0.15, 0.2) is 0 Å². The van der Waals surface area contributed by atoms with E-state index in [9.17, 15) is 0 Å². The summed E-state index contributed by atoms with van der Waals surface area (Å²) in [7, 11) is 0. The van der Waals surface area contributed by atoms with Crippen LogP contribution in [0.1, 0.15) is 36.0 Å². The Hall–Kier alpha value is -0.430. The van der Waals surface area contributed by atoms with Crippen molar-refractivity contribution in [1.82, 2.24) is 0 Å². The molecule has 1 heteroatoms. The number of thiol groups is 1. The predicted octanol–water partition coefficient (Wildman–Crippen LogP) is 3.73. The molecule has 1 rings (SSSR count). The predicted molar refractivity (Wildman–Crippen MR) is 62.8 cm³/mol. The number of rotatable bonds is 3. The van der Waals surface area contributed by atoms with Gasteiger partial charge >= 0.3 is 0 Å². The summed E-state index contributed by atoms with van der Waals surface area (Å²) in [5.41, 5.74) is 4.24. The van der Waals surface area contributed by atoms with Gasteiger partial charge in [0.1, 0.15) is 0 Å². The Morgan fingerprint density at radius 2 is 2.00 bits per heavy atom. The summed E-state index contributed by atoms with van der Waals surface area (Å²) in [4.78, 5) is 0. The zero-order chi connectivity index (χ0) is 9.84. The van der Waals surface area contributed by atoms with Crippen LogP contribution in [0.4, 0.5) is 0 Å². The second-order valence-electron chi connectivity index (χ2n) is 3.77. The maximum absolute atomic E-state index is 4.27. The summed E-state index contributed by atoms with van der Waals surface area (Å²) < 4.78 is 0. The van der Waals surface area contributed by atoms with Crippen molar-refractivity contribution < 1.29 is 0 Å². The number of hydrogen-bond donors (Lipinski definition) is 1. The molecular formula is C12H18S. The van der Waals surface area contributed by atoms with Crippen molar-refractivity contribution in [1.29, 1.82) is 0 Å². The molecule has 0 spiro atoms. The average Bonchev–Trinajstić information content (AvgIpc) is 2.09. The molecule has 0 N–H and O–H groups in total. The highest BCUT2D eigenvalue weighted by molar-refractivity contribution is 7.80. The molecule has 1 aromatic rings. The standard InChI is InChI=1S/C12H18S/c1-9-4-5-10(2)12(8-9)11(3)6-7-13/h4-5,8,11,13H,6-7H2,1-3H3. The first-order valence-corrected chi connectivity index (χ1v) is 5.46. The monoisotopic (exact) mass is 194 g/mol. The van der Waals surface area contributed by atoms with E-state index >= 15 is 0 Å². The first-order chi connectivity index (χ1) is 6.15. The van der Waals surface area contributed by atoms with Crippen LogP contribution in [0.25, 0.3) is 0 Å². The molecule has 0 bridgehead atoms. The molecule has 0 nitrogen and oxygen atoms in total. The van der Waals surface area contributed by atoms with Gasteiger partial charge in [0.25, 0.3) is 0 Å². The molecule has 0 saturated carbocycles. The van der Waals surface area contributed by atoms with Crippen LogP contribution in [0.15, 0.2) is 18.2 Å². The molecular weight excluding hydrogens is 176 g/mol. The highest BCUT2D eigenvalue weighted by Gasteiger charge is 2.07. The van der Waals surface area contributed by atoms with Crippen LogP contribution < -0.4 is 0 Å². The van der Waals surface area contributed by atoms with Gasteiger partial charge in [-0.1, -0.05) is 30.7 Å². The molecule has 0 aliphatic carbocycles. The molecule has 0 aliphatic rings. The zero-order valence-corrected chi connectivity index (χ0v) is 9.57. The topological polar surface area (TPSA) is 0 Å². The summed E-state index contributed by atoms with van der Waals surface area (Å²) in [6, 6.07) is 6.68. The van der Waals surface area contributed by atoms with E-state index in [2.05, 4.69) is 51.6 Å². The van der Waals surface area contributed by atoms with Gasteiger partial charge in [-0.25, -0.2) is 0 Å². The molecule has 0 aromatic heterocycles. The maximum atomic E-state index is 4.27. The second-order valence-corrected chi connectivity index (χ2v) is 4.22. The highest BCUT2D eigenvalue weighted by atomic mass is 32.1. The van der Waals surface area contributed by atoms with Crippen LogP contribution in [0, 0.1) is 13.8 Å². The van der Waals surface area contributed by atoms with Gasteiger partial charge in [-0.15, -0.1) is 0 Å². The lowest BCUT2D eigenvalue weighted by Crippen LogP contribution is -1.98. The first-order valence-electron chi connectivity index (χ1n) is 4.83. The van der Waals surface area contributed by atoms with Gasteiger partial charge in [-0.05, 0) is 43.1 Å². The molecule has 1 unspecified atom stereocenters. The Morgan fingerprint density at radius 3 is 2.62 bits per heavy atom. The van der Waals surface area contributed by atoms with Crippen LogP contribution in [-0.2, 0) is 0 Å². The Morgan fingerprint density at radius 1 is 1.31 bits per heavy atom. The molecule has 13 heavy (non-hydrogen) atoms. The number of hydrogen-bond acceptors (Lipinski definition) is 1. The van der Waals surface area contributed by atoms with E-state index < -0.39 is 0 Å². The van der Waals surface area contributed by atoms with Crippen molar-refractivity contribution in [3.63, 3.8) is 0 Å². The Bertz CT molecular complexity index is 278. The van der Waals surface area contributed by atoms with Crippen LogP contribution in [0.2, 0.25) is 0 Å². The summed E-state index contributed by atoms with van der Waals surface area (Å²) >= 11 is 4.27. The minimum absolute atomic E-state index is 0.636. The maximum Gasteiger partial charge on any atom is -0.00922 e. The van der Waals surface area contributed by atoms with E-state index in [1.807, 2.05) is 0 Å². The molecule has 0 saturated heterocycles. The highest BCUT2D eigenvalue weighted by Crippen LogP contribution is 2.23. The van der Waals surface area contributed by atoms with Crippen molar-refractivity contribution in [3.8, 4) is 0 Å². The van der Waals surface area contributed by atoms with Gasteiger partial charge < -0.3 is 0 Å². The lowest BCUT2D eigenvalue weighted by molar-refractivity contribution is 0.736. The number of aryl methyl sites for hydroxylation is 2. The van der Waals surface area contributed by atoms with Gasteiger partial charge in [-0.3, -0.25) is 0 Å². The molecule has 0 amide bonds. The SMILES string of the molecule is Cc1ccc(C)c(C(C)CCS)c1. The molecule has 0 fully saturated rings. The molecule has 0 heterocycles. The smallest absolute Gasteiger partial charge is 0.00922 e. The number of benzene rings is 1. The normalized spacial score (nSPS) is 12.9. The van der Waals surface area contributed by atoms with E-state index in [0.717, 1.165) is 12.2 Å². The van der Waals surface area contributed by atoms with Gasteiger partial charge in [0.2, 0.25) is 0 Å². The van der Waals surface area contributed by atoms with Crippen molar-refractivity contribution >= 4 is 12.6 Å². The molecule has 72 valence electrons. The Balaban J connectivity index is 2.91.